The largest absolute Gasteiger partial charge is 0.394 e. The van der Waals surface area contributed by atoms with Crippen molar-refractivity contribution in [2.24, 2.45) is 4.99 Å². The molecule has 2 aliphatic heterocycles. The summed E-state index contributed by atoms with van der Waals surface area (Å²) in [5.74, 6) is 0. The maximum atomic E-state index is 10.2. The summed E-state index contributed by atoms with van der Waals surface area (Å²) in [4.78, 5) is 4.58. The Morgan fingerprint density at radius 3 is 2.67 bits per heavy atom. The summed E-state index contributed by atoms with van der Waals surface area (Å²) in [7, 11) is 0. The summed E-state index contributed by atoms with van der Waals surface area (Å²) >= 11 is 1.47. The summed E-state index contributed by atoms with van der Waals surface area (Å²) in [6.07, 6.45) is -2.23. The Morgan fingerprint density at radius 1 is 1.04 bits per heavy atom. The fraction of sp³-hybridized carbons (Fsp3) is 0.389. The first-order valence-electron chi connectivity index (χ1n) is 8.00. The lowest BCUT2D eigenvalue weighted by Gasteiger charge is -2.37. The van der Waals surface area contributed by atoms with Crippen LogP contribution in [0, 0.1) is 0 Å². The van der Waals surface area contributed by atoms with Gasteiger partial charge in [-0.1, -0.05) is 54.2 Å². The van der Waals surface area contributed by atoms with E-state index in [2.05, 4.69) is 29.3 Å². The number of hydrogen-bond acceptors (Lipinski definition) is 6. The van der Waals surface area contributed by atoms with Gasteiger partial charge in [-0.2, -0.15) is 0 Å². The molecule has 6 heteroatoms. The van der Waals surface area contributed by atoms with E-state index in [9.17, 15) is 15.3 Å². The second kappa shape index (κ2) is 6.46. The van der Waals surface area contributed by atoms with Crippen molar-refractivity contribution in [3.63, 3.8) is 0 Å². The normalized spacial score (nSPS) is 32.6. The highest BCUT2D eigenvalue weighted by molar-refractivity contribution is 8.14. The molecule has 2 aliphatic rings. The predicted octanol–water partition coefficient (Wildman–Crippen LogP) is 1.34. The third kappa shape index (κ3) is 2.74. The third-order valence-corrected chi connectivity index (χ3v) is 5.76. The van der Waals surface area contributed by atoms with E-state index >= 15 is 0 Å². The van der Waals surface area contributed by atoms with E-state index in [1.54, 1.807) is 0 Å². The molecule has 0 aliphatic carbocycles. The maximum absolute atomic E-state index is 10.2. The molecule has 5 atom stereocenters. The van der Waals surface area contributed by atoms with Crippen LogP contribution >= 0.6 is 11.8 Å². The highest BCUT2D eigenvalue weighted by atomic mass is 32.2. The molecule has 0 amide bonds. The van der Waals surface area contributed by atoms with Crippen LogP contribution in [0.4, 0.5) is 0 Å². The first kappa shape index (κ1) is 16.1. The second-order valence-corrected chi connectivity index (χ2v) is 7.32. The number of aliphatic imine (C=N–C) groups is 1. The van der Waals surface area contributed by atoms with Crippen molar-refractivity contribution >= 4 is 27.6 Å². The van der Waals surface area contributed by atoms with Gasteiger partial charge >= 0.3 is 0 Å². The van der Waals surface area contributed by atoms with E-state index in [1.165, 1.54) is 28.1 Å². The molecule has 5 nitrogen and oxygen atoms in total. The number of fused-ring (bicyclic) bond motifs is 2. The zero-order chi connectivity index (χ0) is 16.7. The Labute approximate surface area is 144 Å². The lowest BCUT2D eigenvalue weighted by Crippen LogP contribution is -2.55. The predicted molar refractivity (Wildman–Crippen MR) is 94.2 cm³/mol. The van der Waals surface area contributed by atoms with E-state index in [4.69, 9.17) is 4.74 Å². The second-order valence-electron chi connectivity index (χ2n) is 6.15. The van der Waals surface area contributed by atoms with Gasteiger partial charge in [0.1, 0.15) is 29.8 Å². The average Bonchev–Trinajstić information content (AvgIpc) is 3.01. The summed E-state index contributed by atoms with van der Waals surface area (Å²) in [6, 6.07) is 13.9. The Hall–Kier alpha value is -1.44. The Bertz CT molecular complexity index is 775. The van der Waals surface area contributed by atoms with Crippen LogP contribution < -0.4 is 0 Å². The molecule has 0 bridgehead atoms. The minimum absolute atomic E-state index is 0.319. The van der Waals surface area contributed by atoms with Gasteiger partial charge in [0.05, 0.1) is 11.7 Å². The third-order valence-electron chi connectivity index (χ3n) is 4.62. The summed E-state index contributed by atoms with van der Waals surface area (Å²) in [5.41, 5.74) is 0.817. The van der Waals surface area contributed by atoms with Gasteiger partial charge in [0.25, 0.3) is 0 Å². The van der Waals surface area contributed by atoms with Crippen LogP contribution in [0.25, 0.3) is 10.8 Å². The fourth-order valence-electron chi connectivity index (χ4n) is 3.33. The maximum Gasteiger partial charge on any atom is 0.134 e. The van der Waals surface area contributed by atoms with Crippen LogP contribution in [0.1, 0.15) is 5.56 Å². The Kier molecular flexibility index (Phi) is 4.32. The first-order chi connectivity index (χ1) is 11.7. The summed E-state index contributed by atoms with van der Waals surface area (Å²) < 4.78 is 5.69. The van der Waals surface area contributed by atoms with Crippen molar-refractivity contribution in [1.82, 2.24) is 0 Å². The van der Waals surface area contributed by atoms with Gasteiger partial charge in [-0.25, -0.2) is 0 Å². The molecule has 1 saturated heterocycles. The monoisotopic (exact) mass is 345 g/mol. The molecule has 0 unspecified atom stereocenters. The van der Waals surface area contributed by atoms with Gasteiger partial charge < -0.3 is 20.1 Å². The number of ether oxygens (including phenoxy) is 1. The zero-order valence-corrected chi connectivity index (χ0v) is 13.8. The molecule has 2 heterocycles. The van der Waals surface area contributed by atoms with E-state index in [0.29, 0.717) is 6.42 Å². The summed E-state index contributed by atoms with van der Waals surface area (Å²) in [5, 5.41) is 32.8. The molecule has 1 fully saturated rings. The van der Waals surface area contributed by atoms with E-state index < -0.39 is 24.4 Å². The first-order valence-corrected chi connectivity index (χ1v) is 8.88. The minimum Gasteiger partial charge on any atom is -0.394 e. The van der Waals surface area contributed by atoms with Gasteiger partial charge in [0.2, 0.25) is 0 Å². The van der Waals surface area contributed by atoms with Crippen LogP contribution in [-0.4, -0.2) is 56.8 Å². The quantitative estimate of drug-likeness (QED) is 0.782. The Balaban J connectivity index is 1.58. The van der Waals surface area contributed by atoms with Gasteiger partial charge in [-0.05, 0) is 16.3 Å². The van der Waals surface area contributed by atoms with Gasteiger partial charge in [-0.15, -0.1) is 0 Å². The summed E-state index contributed by atoms with van der Waals surface area (Å²) in [6.45, 7) is -0.319. The standard InChI is InChI=1S/C18H19NO4S/c20-9-13-16(21)17(22)15-18(23-13)24-14(19-15)8-11-6-3-5-10-4-1-2-7-12(10)11/h1-7,13,15-18,20-22H,8-9H2/t13-,15-,16-,17-,18-/m1/s1. The van der Waals surface area contributed by atoms with Crippen molar-refractivity contribution in [1.29, 1.82) is 0 Å². The van der Waals surface area contributed by atoms with Crippen molar-refractivity contribution < 1.29 is 20.1 Å². The van der Waals surface area contributed by atoms with Crippen LogP contribution in [0.3, 0.4) is 0 Å². The molecule has 0 radical (unpaired) electrons. The molecule has 126 valence electrons. The molecule has 0 spiro atoms. The fourth-order valence-corrected chi connectivity index (χ4v) is 4.58. The molecule has 24 heavy (non-hydrogen) atoms. The van der Waals surface area contributed by atoms with Crippen LogP contribution in [-0.2, 0) is 11.2 Å². The molecule has 0 aromatic heterocycles. The highest BCUT2D eigenvalue weighted by Crippen LogP contribution is 2.37. The van der Waals surface area contributed by atoms with E-state index in [-0.39, 0.29) is 12.0 Å². The molecular formula is C18H19NO4S. The number of hydrogen-bond donors (Lipinski definition) is 3. The van der Waals surface area contributed by atoms with Crippen molar-refractivity contribution in [3.8, 4) is 0 Å². The van der Waals surface area contributed by atoms with Gasteiger partial charge in [-0.3, -0.25) is 4.99 Å². The SMILES string of the molecule is OC[C@H]1O[C@@H]2SC(Cc3cccc4ccccc34)=N[C@@H]2[C@@H](O)[C@@H]1O. The molecule has 2 aromatic carbocycles. The number of thioether (sulfide) groups is 1. The van der Waals surface area contributed by atoms with Crippen LogP contribution in [0.15, 0.2) is 47.5 Å². The highest BCUT2D eigenvalue weighted by Gasteiger charge is 2.47. The average molecular weight is 345 g/mol. The number of rotatable bonds is 3. The Morgan fingerprint density at radius 2 is 1.83 bits per heavy atom. The molecule has 3 N–H and O–H groups in total. The molecule has 4 rings (SSSR count). The zero-order valence-electron chi connectivity index (χ0n) is 12.9. The topological polar surface area (TPSA) is 82.3 Å². The minimum atomic E-state index is -1.11. The van der Waals surface area contributed by atoms with Crippen molar-refractivity contribution in [2.45, 2.75) is 36.2 Å². The number of aliphatic hydroxyl groups is 3. The van der Waals surface area contributed by atoms with Crippen LogP contribution in [0.5, 0.6) is 0 Å². The number of aliphatic hydroxyl groups excluding tert-OH is 3. The molecular weight excluding hydrogens is 326 g/mol. The molecule has 0 saturated carbocycles. The van der Waals surface area contributed by atoms with E-state index in [1.807, 2.05) is 18.2 Å². The smallest absolute Gasteiger partial charge is 0.134 e. The lowest BCUT2D eigenvalue weighted by molar-refractivity contribution is -0.164. The van der Waals surface area contributed by atoms with Crippen molar-refractivity contribution in [2.75, 3.05) is 6.61 Å². The van der Waals surface area contributed by atoms with E-state index in [0.717, 1.165) is 5.04 Å². The van der Waals surface area contributed by atoms with Gasteiger partial charge in [0.15, 0.2) is 0 Å². The number of benzene rings is 2. The number of nitrogens with zero attached hydrogens (tertiary/aromatic N) is 1. The van der Waals surface area contributed by atoms with Gasteiger partial charge in [0, 0.05) is 6.42 Å². The van der Waals surface area contributed by atoms with Crippen molar-refractivity contribution in [3.05, 3.63) is 48.0 Å². The van der Waals surface area contributed by atoms with Crippen LogP contribution in [0.2, 0.25) is 0 Å². The molecule has 2 aromatic rings. The lowest BCUT2D eigenvalue weighted by atomic mass is 9.98.